The zero-order valence-corrected chi connectivity index (χ0v) is 10.4. The first-order chi connectivity index (χ1) is 8.21. The van der Waals surface area contributed by atoms with E-state index in [4.69, 9.17) is 17.3 Å². The van der Waals surface area contributed by atoms with E-state index in [2.05, 4.69) is 17.0 Å². The van der Waals surface area contributed by atoms with Crippen LogP contribution >= 0.6 is 12.2 Å². The van der Waals surface area contributed by atoms with Crippen LogP contribution in [0.5, 0.6) is 0 Å². The van der Waals surface area contributed by atoms with E-state index in [1.54, 1.807) is 19.3 Å². The molecule has 0 aliphatic rings. The lowest BCUT2D eigenvalue weighted by molar-refractivity contribution is 0.174. The van der Waals surface area contributed by atoms with Crippen molar-refractivity contribution in [2.24, 2.45) is 5.10 Å². The van der Waals surface area contributed by atoms with Crippen molar-refractivity contribution in [3.8, 4) is 0 Å². The number of hydrazone groups is 1. The molecule has 0 aliphatic heterocycles. The normalized spacial score (nSPS) is 10.2. The Morgan fingerprint density at radius 3 is 2.53 bits per heavy atom. The van der Waals surface area contributed by atoms with Gasteiger partial charge in [-0.1, -0.05) is 36.9 Å². The van der Waals surface area contributed by atoms with Crippen molar-refractivity contribution in [2.75, 3.05) is 13.8 Å². The van der Waals surface area contributed by atoms with Gasteiger partial charge in [0.1, 0.15) is 6.73 Å². The first kappa shape index (κ1) is 13.3. The van der Waals surface area contributed by atoms with Gasteiger partial charge in [-0.2, -0.15) is 5.10 Å². The number of nitrogens with one attached hydrogen (secondary N) is 1. The Labute approximate surface area is 106 Å². The number of aliphatic hydroxyl groups is 1. The number of hydrogen-bond acceptors (Lipinski definition) is 3. The van der Waals surface area contributed by atoms with Gasteiger partial charge in [0.2, 0.25) is 0 Å². The first-order valence-electron chi connectivity index (χ1n) is 5.08. The zero-order valence-electron chi connectivity index (χ0n) is 9.63. The van der Waals surface area contributed by atoms with Gasteiger partial charge < -0.3 is 10.4 Å². The zero-order chi connectivity index (χ0) is 12.7. The minimum atomic E-state index is -0.263. The summed E-state index contributed by atoms with van der Waals surface area (Å²) >= 11 is 4.96. The molecule has 0 saturated heterocycles. The highest BCUT2D eigenvalue weighted by molar-refractivity contribution is 7.80. The van der Waals surface area contributed by atoms with Crippen LogP contribution in [-0.2, 0) is 0 Å². The standard InChI is InChI=1S/C12H15N3OS/c1-3-10-4-6-11(7-5-10)8-14-15(9-16)12(17)13-2/h3-8,16H,1,9H2,2H3,(H,13,17)/b14-8+. The van der Waals surface area contributed by atoms with E-state index in [-0.39, 0.29) is 6.73 Å². The predicted molar refractivity (Wildman–Crippen MR) is 74.7 cm³/mol. The van der Waals surface area contributed by atoms with Crippen molar-refractivity contribution in [3.05, 3.63) is 42.0 Å². The molecule has 0 heterocycles. The molecule has 0 bridgehead atoms. The third kappa shape index (κ3) is 3.97. The van der Waals surface area contributed by atoms with E-state index in [9.17, 15) is 0 Å². The maximum absolute atomic E-state index is 9.06. The van der Waals surface area contributed by atoms with Gasteiger partial charge in [-0.3, -0.25) is 0 Å². The summed E-state index contributed by atoms with van der Waals surface area (Å²) in [5.74, 6) is 0. The van der Waals surface area contributed by atoms with Gasteiger partial charge in [0.15, 0.2) is 5.11 Å². The third-order valence-corrected chi connectivity index (χ3v) is 2.52. The molecule has 0 aromatic heterocycles. The van der Waals surface area contributed by atoms with Gasteiger partial charge in [-0.05, 0) is 23.3 Å². The molecule has 5 heteroatoms. The first-order valence-corrected chi connectivity index (χ1v) is 5.48. The SMILES string of the molecule is C=Cc1ccc(/C=N/N(CO)C(=S)NC)cc1. The molecular weight excluding hydrogens is 234 g/mol. The van der Waals surface area contributed by atoms with Crippen molar-refractivity contribution < 1.29 is 5.11 Å². The second kappa shape index (κ2) is 6.78. The molecule has 0 spiro atoms. The maximum atomic E-state index is 9.06. The van der Waals surface area contributed by atoms with E-state index >= 15 is 0 Å². The average molecular weight is 249 g/mol. The molecule has 0 radical (unpaired) electrons. The molecule has 0 atom stereocenters. The van der Waals surface area contributed by atoms with E-state index in [0.717, 1.165) is 11.1 Å². The van der Waals surface area contributed by atoms with Crippen molar-refractivity contribution in [3.63, 3.8) is 0 Å². The topological polar surface area (TPSA) is 47.9 Å². The molecule has 2 N–H and O–H groups in total. The quantitative estimate of drug-likeness (QED) is 0.367. The second-order valence-corrected chi connectivity index (χ2v) is 3.60. The average Bonchev–Trinajstić information content (AvgIpc) is 2.39. The Hall–Kier alpha value is -1.72. The van der Waals surface area contributed by atoms with Gasteiger partial charge in [0.05, 0.1) is 6.21 Å². The lowest BCUT2D eigenvalue weighted by Gasteiger charge is -2.15. The Kier molecular flexibility index (Phi) is 5.32. The molecule has 0 fully saturated rings. The van der Waals surface area contributed by atoms with Crippen molar-refractivity contribution >= 4 is 29.6 Å². The monoisotopic (exact) mass is 249 g/mol. The summed E-state index contributed by atoms with van der Waals surface area (Å²) in [6.45, 7) is 3.42. The summed E-state index contributed by atoms with van der Waals surface area (Å²) in [6, 6.07) is 7.71. The number of hydrogen-bond donors (Lipinski definition) is 2. The van der Waals surface area contributed by atoms with Crippen molar-refractivity contribution in [1.29, 1.82) is 0 Å². The van der Waals surface area contributed by atoms with E-state index in [1.165, 1.54) is 5.01 Å². The van der Waals surface area contributed by atoms with Gasteiger partial charge in [-0.25, -0.2) is 5.01 Å². The fraction of sp³-hybridized carbons (Fsp3) is 0.167. The third-order valence-electron chi connectivity index (χ3n) is 2.10. The molecule has 1 rings (SSSR count). The summed E-state index contributed by atoms with van der Waals surface area (Å²) in [4.78, 5) is 0. The van der Waals surface area contributed by atoms with Crippen LogP contribution in [0.1, 0.15) is 11.1 Å². The highest BCUT2D eigenvalue weighted by Crippen LogP contribution is 2.03. The van der Waals surface area contributed by atoms with Gasteiger partial charge in [-0.15, -0.1) is 0 Å². The molecule has 0 amide bonds. The maximum Gasteiger partial charge on any atom is 0.191 e. The fourth-order valence-electron chi connectivity index (χ4n) is 1.14. The van der Waals surface area contributed by atoms with Crippen LogP contribution in [0.3, 0.4) is 0 Å². The minimum Gasteiger partial charge on any atom is -0.374 e. The highest BCUT2D eigenvalue weighted by Gasteiger charge is 2.02. The van der Waals surface area contributed by atoms with E-state index in [1.807, 2.05) is 24.3 Å². The summed E-state index contributed by atoms with van der Waals surface area (Å²) < 4.78 is 0. The number of thiocarbonyl (C=S) groups is 1. The molecule has 0 saturated carbocycles. The number of aliphatic hydroxyl groups excluding tert-OH is 1. The Balaban J connectivity index is 2.74. The smallest absolute Gasteiger partial charge is 0.191 e. The highest BCUT2D eigenvalue weighted by atomic mass is 32.1. The van der Waals surface area contributed by atoms with Crippen molar-refractivity contribution in [1.82, 2.24) is 10.3 Å². The summed E-state index contributed by atoms with van der Waals surface area (Å²) in [5.41, 5.74) is 1.97. The largest absolute Gasteiger partial charge is 0.374 e. The van der Waals surface area contributed by atoms with Crippen LogP contribution in [0.15, 0.2) is 35.9 Å². The summed E-state index contributed by atoms with van der Waals surface area (Å²) in [5, 5.41) is 17.5. The Morgan fingerprint density at radius 1 is 1.47 bits per heavy atom. The molecule has 17 heavy (non-hydrogen) atoms. The lowest BCUT2D eigenvalue weighted by atomic mass is 10.1. The predicted octanol–water partition coefficient (Wildman–Crippen LogP) is 1.42. The molecule has 1 aromatic carbocycles. The number of nitrogens with zero attached hydrogens (tertiary/aromatic N) is 2. The molecular formula is C12H15N3OS. The van der Waals surface area contributed by atoms with Crippen LogP contribution in [0.4, 0.5) is 0 Å². The van der Waals surface area contributed by atoms with E-state index < -0.39 is 0 Å². The lowest BCUT2D eigenvalue weighted by Crippen LogP contribution is -2.34. The Morgan fingerprint density at radius 2 is 2.06 bits per heavy atom. The number of benzene rings is 1. The fourth-order valence-corrected chi connectivity index (χ4v) is 1.24. The molecule has 1 aromatic rings. The van der Waals surface area contributed by atoms with Gasteiger partial charge >= 0.3 is 0 Å². The summed E-state index contributed by atoms with van der Waals surface area (Å²) in [6.07, 6.45) is 3.41. The van der Waals surface area contributed by atoms with Crippen LogP contribution in [-0.4, -0.2) is 35.2 Å². The van der Waals surface area contributed by atoms with Gasteiger partial charge in [0.25, 0.3) is 0 Å². The molecule has 4 nitrogen and oxygen atoms in total. The molecule has 90 valence electrons. The molecule has 0 aliphatic carbocycles. The number of rotatable bonds is 4. The van der Waals surface area contributed by atoms with Gasteiger partial charge in [0, 0.05) is 7.05 Å². The van der Waals surface area contributed by atoms with Crippen LogP contribution in [0.25, 0.3) is 6.08 Å². The van der Waals surface area contributed by atoms with E-state index in [0.29, 0.717) is 5.11 Å². The Bertz CT molecular complexity index is 414. The van der Waals surface area contributed by atoms with Crippen LogP contribution < -0.4 is 5.32 Å². The van der Waals surface area contributed by atoms with Crippen molar-refractivity contribution in [2.45, 2.75) is 0 Å². The molecule has 0 unspecified atom stereocenters. The minimum absolute atomic E-state index is 0.263. The van der Waals surface area contributed by atoms with Crippen LogP contribution in [0.2, 0.25) is 0 Å². The summed E-state index contributed by atoms with van der Waals surface area (Å²) in [7, 11) is 1.68. The van der Waals surface area contributed by atoms with Crippen LogP contribution in [0, 0.1) is 0 Å². The second-order valence-electron chi connectivity index (χ2n) is 3.21.